The van der Waals surface area contributed by atoms with Crippen LogP contribution in [0.3, 0.4) is 0 Å². The van der Waals surface area contributed by atoms with Crippen LogP contribution in [0.5, 0.6) is 11.8 Å². The Labute approximate surface area is 203 Å². The van der Waals surface area contributed by atoms with E-state index in [0.717, 1.165) is 30.1 Å². The molecule has 1 saturated carbocycles. The monoisotopic (exact) mass is 491 g/mol. The first-order chi connectivity index (χ1) is 17.4. The van der Waals surface area contributed by atoms with Crippen LogP contribution >= 0.6 is 0 Å². The number of hydrogen-bond donors (Lipinski definition) is 3. The fourth-order valence-corrected chi connectivity index (χ4v) is 5.70. The van der Waals surface area contributed by atoms with Gasteiger partial charge in [-0.1, -0.05) is 0 Å². The Balaban J connectivity index is 1.43. The van der Waals surface area contributed by atoms with Crippen molar-refractivity contribution in [2.45, 2.75) is 31.8 Å². The molecule has 0 spiro atoms. The number of rotatable bonds is 4. The van der Waals surface area contributed by atoms with E-state index in [4.69, 9.17) is 15.5 Å². The number of fused-ring (bicyclic) bond motifs is 6. The molecule has 0 radical (unpaired) electrons. The summed E-state index contributed by atoms with van der Waals surface area (Å²) in [4.78, 5) is 18.9. The summed E-state index contributed by atoms with van der Waals surface area (Å²) in [6.45, 7) is 2.60. The van der Waals surface area contributed by atoms with Crippen molar-refractivity contribution in [2.75, 3.05) is 23.8 Å². The van der Waals surface area contributed by atoms with Crippen molar-refractivity contribution < 1.29 is 13.5 Å². The van der Waals surface area contributed by atoms with Gasteiger partial charge < -0.3 is 25.7 Å². The minimum absolute atomic E-state index is 0.0630. The molecule has 1 aliphatic heterocycles. The number of aryl methyl sites for hydroxylation is 1. The maximum absolute atomic E-state index is 15.2. The van der Waals surface area contributed by atoms with Gasteiger partial charge in [0.05, 0.1) is 40.6 Å². The van der Waals surface area contributed by atoms with Crippen LogP contribution in [-0.2, 0) is 0 Å². The number of anilines is 2. The van der Waals surface area contributed by atoms with Crippen LogP contribution in [0.4, 0.5) is 20.3 Å². The first kappa shape index (κ1) is 21.2. The number of hydrogen-bond acceptors (Lipinski definition) is 8. The molecule has 7 rings (SSSR count). The first-order valence-electron chi connectivity index (χ1n) is 11.8. The molecule has 0 unspecified atom stereocenters. The topological polar surface area (TPSA) is 122 Å². The standard InChI is InChI=1S/C24H23F2N9O/c1-10-6-30-35-9-13(7-29-22(10)35)36-24-32-21-18(17-19(26)14(25)5-16(28-2)20(17)31-21)23(33-24)34-8-11-3-12(34)4-15(11)27/h5-7,9,11-12,15,28H,3-4,8,27H2,1-2H3,(H,31,32,33)/t11-,12-,15-/m1/s1. The maximum Gasteiger partial charge on any atom is 0.326 e. The summed E-state index contributed by atoms with van der Waals surface area (Å²) in [6.07, 6.45) is 6.74. The average molecular weight is 492 g/mol. The number of piperidine rings is 1. The van der Waals surface area contributed by atoms with Crippen LogP contribution in [0.25, 0.3) is 27.6 Å². The van der Waals surface area contributed by atoms with Gasteiger partial charge in [0.2, 0.25) is 0 Å². The summed E-state index contributed by atoms with van der Waals surface area (Å²) in [5, 5.41) is 7.73. The summed E-state index contributed by atoms with van der Waals surface area (Å²) < 4.78 is 37.4. The van der Waals surface area contributed by atoms with Crippen LogP contribution in [0.1, 0.15) is 18.4 Å². The van der Waals surface area contributed by atoms with E-state index in [1.807, 2.05) is 6.92 Å². The number of nitrogens with one attached hydrogen (secondary N) is 2. The number of halogens is 2. The van der Waals surface area contributed by atoms with Crippen LogP contribution in [-0.4, -0.2) is 55.2 Å². The van der Waals surface area contributed by atoms with E-state index in [9.17, 15) is 4.39 Å². The Morgan fingerprint density at radius 3 is 2.81 bits per heavy atom. The fourth-order valence-electron chi connectivity index (χ4n) is 5.70. The Bertz CT molecular complexity index is 1680. The number of aromatic amines is 1. The second-order valence-electron chi connectivity index (χ2n) is 9.59. The highest BCUT2D eigenvalue weighted by Crippen LogP contribution is 2.44. The van der Waals surface area contributed by atoms with E-state index in [1.165, 1.54) is 0 Å². The van der Waals surface area contributed by atoms with Crippen molar-refractivity contribution >= 4 is 39.1 Å². The van der Waals surface area contributed by atoms with Crippen molar-refractivity contribution in [2.24, 2.45) is 11.7 Å². The third-order valence-electron chi connectivity index (χ3n) is 7.44. The molecule has 5 aromatic rings. The minimum atomic E-state index is -0.946. The Morgan fingerprint density at radius 1 is 1.19 bits per heavy atom. The van der Waals surface area contributed by atoms with E-state index >= 15 is 4.39 Å². The number of H-pyrrole nitrogens is 1. The van der Waals surface area contributed by atoms with Gasteiger partial charge in [0.1, 0.15) is 11.5 Å². The highest BCUT2D eigenvalue weighted by Gasteiger charge is 2.44. The smallest absolute Gasteiger partial charge is 0.326 e. The number of ether oxygens (including phenoxy) is 1. The van der Waals surface area contributed by atoms with Gasteiger partial charge in [-0.2, -0.15) is 15.1 Å². The van der Waals surface area contributed by atoms with Crippen LogP contribution in [0.15, 0.2) is 24.7 Å². The second kappa shape index (κ2) is 7.47. The molecule has 2 fully saturated rings. The lowest BCUT2D eigenvalue weighted by Crippen LogP contribution is -2.41. The fraction of sp³-hybridized carbons (Fsp3) is 0.333. The number of benzene rings is 1. The Morgan fingerprint density at radius 2 is 2.06 bits per heavy atom. The molecule has 10 nitrogen and oxygen atoms in total. The van der Waals surface area contributed by atoms with E-state index in [1.54, 1.807) is 30.2 Å². The van der Waals surface area contributed by atoms with E-state index in [2.05, 4.69) is 30.3 Å². The highest BCUT2D eigenvalue weighted by atomic mass is 19.2. The molecule has 5 heterocycles. The first-order valence-corrected chi connectivity index (χ1v) is 11.8. The van der Waals surface area contributed by atoms with Gasteiger partial charge in [-0.25, -0.2) is 18.3 Å². The molecule has 0 amide bonds. The maximum atomic E-state index is 15.2. The largest absolute Gasteiger partial charge is 0.421 e. The van der Waals surface area contributed by atoms with Gasteiger partial charge in [-0.05, 0) is 25.7 Å². The third kappa shape index (κ3) is 2.97. The zero-order valence-corrected chi connectivity index (χ0v) is 19.6. The molecular formula is C24H23F2N9O. The van der Waals surface area contributed by atoms with Crippen molar-refractivity contribution in [3.8, 4) is 11.8 Å². The van der Waals surface area contributed by atoms with Gasteiger partial charge in [-0.15, -0.1) is 0 Å². The molecule has 1 aliphatic carbocycles. The molecule has 1 aromatic carbocycles. The minimum Gasteiger partial charge on any atom is -0.421 e. The molecule has 2 aliphatic rings. The lowest BCUT2D eigenvalue weighted by atomic mass is 10.0. The SMILES string of the molecule is CNc1cc(F)c(F)c2c1[nH]c1nc(Oc3cnc4c(C)cnn4c3)nc(N3C[C@H]4C[C@@H]3C[C@H]4N)c12. The molecule has 4 aromatic heterocycles. The van der Waals surface area contributed by atoms with E-state index < -0.39 is 11.6 Å². The molecule has 36 heavy (non-hydrogen) atoms. The summed E-state index contributed by atoms with van der Waals surface area (Å²) in [5.41, 5.74) is 9.12. The van der Waals surface area contributed by atoms with Gasteiger partial charge in [-0.3, -0.25) is 0 Å². The second-order valence-corrected chi connectivity index (χ2v) is 9.59. The Kier molecular flexibility index (Phi) is 4.41. The summed E-state index contributed by atoms with van der Waals surface area (Å²) in [7, 11) is 1.65. The van der Waals surface area contributed by atoms with Gasteiger partial charge in [0, 0.05) is 37.3 Å². The number of nitrogens with two attached hydrogens (primary N) is 1. The van der Waals surface area contributed by atoms with Crippen molar-refractivity contribution in [3.05, 3.63) is 41.9 Å². The predicted molar refractivity (Wildman–Crippen MR) is 130 cm³/mol. The molecule has 1 saturated heterocycles. The molecule has 12 heteroatoms. The highest BCUT2D eigenvalue weighted by molar-refractivity contribution is 6.15. The quantitative estimate of drug-likeness (QED) is 0.349. The summed E-state index contributed by atoms with van der Waals surface area (Å²) in [6, 6.07) is 1.48. The normalized spacial score (nSPS) is 21.4. The van der Waals surface area contributed by atoms with Gasteiger partial charge in [0.15, 0.2) is 23.0 Å². The van der Waals surface area contributed by atoms with Gasteiger partial charge >= 0.3 is 6.01 Å². The zero-order valence-electron chi connectivity index (χ0n) is 19.6. The summed E-state index contributed by atoms with van der Waals surface area (Å²) in [5.74, 6) is -0.684. The van der Waals surface area contributed by atoms with E-state index in [-0.39, 0.29) is 23.5 Å². The van der Waals surface area contributed by atoms with E-state index in [0.29, 0.717) is 46.3 Å². The van der Waals surface area contributed by atoms with Crippen molar-refractivity contribution in [1.29, 1.82) is 0 Å². The lowest BCUT2D eigenvalue weighted by molar-refractivity contribution is 0.435. The third-order valence-corrected chi connectivity index (χ3v) is 7.44. The molecule has 3 atom stereocenters. The lowest BCUT2D eigenvalue weighted by Gasteiger charge is -2.31. The molecule has 184 valence electrons. The molecule has 2 bridgehead atoms. The summed E-state index contributed by atoms with van der Waals surface area (Å²) >= 11 is 0. The van der Waals surface area contributed by atoms with Crippen molar-refractivity contribution in [1.82, 2.24) is 29.5 Å². The van der Waals surface area contributed by atoms with Crippen molar-refractivity contribution in [3.63, 3.8) is 0 Å². The zero-order chi connectivity index (χ0) is 24.7. The number of nitrogens with zero attached hydrogens (tertiary/aromatic N) is 6. The van der Waals surface area contributed by atoms with Gasteiger partial charge in [0.25, 0.3) is 0 Å². The Hall–Kier alpha value is -4.06. The average Bonchev–Trinajstić information content (AvgIpc) is 3.63. The predicted octanol–water partition coefficient (Wildman–Crippen LogP) is 3.50. The van der Waals surface area contributed by atoms with Crippen LogP contribution in [0, 0.1) is 24.5 Å². The molecular weight excluding hydrogens is 468 g/mol. The number of aromatic nitrogens is 6. The van der Waals surface area contributed by atoms with Crippen LogP contribution < -0.4 is 20.7 Å². The molecule has 4 N–H and O–H groups in total. The van der Waals surface area contributed by atoms with Crippen LogP contribution in [0.2, 0.25) is 0 Å².